The minimum Gasteiger partial charge on any atom is -0.395 e. The molecule has 2 nitrogen and oxygen atoms in total. The molecule has 23 heavy (non-hydrogen) atoms. The lowest BCUT2D eigenvalue weighted by Gasteiger charge is -2.28. The Kier molecular flexibility index (Phi) is 7.45. The molecule has 0 saturated heterocycles. The van der Waals surface area contributed by atoms with Gasteiger partial charge in [-0.05, 0) is 51.1 Å². The van der Waals surface area contributed by atoms with Crippen LogP contribution in [0.4, 0.5) is 0 Å². The molecule has 0 bridgehead atoms. The molecule has 0 amide bonds. The van der Waals surface area contributed by atoms with E-state index in [1.807, 2.05) is 0 Å². The van der Waals surface area contributed by atoms with Crippen LogP contribution in [0.2, 0.25) is 12.6 Å². The smallest absolute Gasteiger partial charge is 0.335 e. The number of hydrogen-bond acceptors (Lipinski definition) is 2. The topological polar surface area (TPSA) is 18.5 Å². The lowest BCUT2D eigenvalue weighted by molar-refractivity contribution is 0.190. The quantitative estimate of drug-likeness (QED) is 0.499. The standard InChI is InChI=1S/C19H27O2PSi/c1-4-20-23(3,21-5-2)17-16-22(18-12-8-6-9-13-18)19-14-10-7-11-15-19/h6-15H,4-5,16-17H2,1-3H3. The summed E-state index contributed by atoms with van der Waals surface area (Å²) in [5, 5.41) is 2.86. The second kappa shape index (κ2) is 9.34. The molecule has 0 aliphatic heterocycles. The first-order chi connectivity index (χ1) is 11.2. The van der Waals surface area contributed by atoms with E-state index in [2.05, 4.69) is 81.1 Å². The van der Waals surface area contributed by atoms with Gasteiger partial charge in [-0.15, -0.1) is 0 Å². The summed E-state index contributed by atoms with van der Waals surface area (Å²) < 4.78 is 12.0. The van der Waals surface area contributed by atoms with E-state index < -0.39 is 8.56 Å². The van der Waals surface area contributed by atoms with Crippen LogP contribution in [0.5, 0.6) is 0 Å². The molecule has 2 aromatic carbocycles. The third-order valence-corrected chi connectivity index (χ3v) is 9.72. The molecule has 0 N–H and O–H groups in total. The van der Waals surface area contributed by atoms with Gasteiger partial charge in [0.2, 0.25) is 0 Å². The van der Waals surface area contributed by atoms with Crippen molar-refractivity contribution in [1.82, 2.24) is 0 Å². The van der Waals surface area contributed by atoms with E-state index in [0.717, 1.165) is 25.4 Å². The molecule has 0 radical (unpaired) electrons. The first-order valence-electron chi connectivity index (χ1n) is 8.34. The van der Waals surface area contributed by atoms with Crippen molar-refractivity contribution in [2.75, 3.05) is 19.4 Å². The van der Waals surface area contributed by atoms with Crippen LogP contribution in [-0.2, 0) is 8.85 Å². The predicted octanol–water partition coefficient (Wildman–Crippen LogP) is 4.26. The molecule has 0 aromatic heterocycles. The average Bonchev–Trinajstić information content (AvgIpc) is 2.57. The van der Waals surface area contributed by atoms with Gasteiger partial charge >= 0.3 is 8.56 Å². The molecular weight excluding hydrogens is 319 g/mol. The van der Waals surface area contributed by atoms with Crippen LogP contribution in [0.1, 0.15) is 13.8 Å². The summed E-state index contributed by atoms with van der Waals surface area (Å²) in [6.07, 6.45) is 1.12. The molecule has 0 saturated carbocycles. The summed E-state index contributed by atoms with van der Waals surface area (Å²) in [5.41, 5.74) is 0. The highest BCUT2D eigenvalue weighted by atomic mass is 31.1. The molecule has 4 heteroatoms. The van der Waals surface area contributed by atoms with Crippen LogP contribution >= 0.6 is 7.92 Å². The summed E-state index contributed by atoms with van der Waals surface area (Å²) >= 11 is 0. The highest BCUT2D eigenvalue weighted by Gasteiger charge is 2.32. The first kappa shape index (κ1) is 18.3. The number of rotatable bonds is 9. The molecule has 0 spiro atoms. The Morgan fingerprint density at radius 1 is 0.783 bits per heavy atom. The van der Waals surface area contributed by atoms with E-state index in [4.69, 9.17) is 8.85 Å². The van der Waals surface area contributed by atoms with E-state index in [1.165, 1.54) is 10.6 Å². The highest BCUT2D eigenvalue weighted by Crippen LogP contribution is 2.36. The van der Waals surface area contributed by atoms with Crippen molar-refractivity contribution in [2.24, 2.45) is 0 Å². The van der Waals surface area contributed by atoms with Gasteiger partial charge in [0.15, 0.2) is 0 Å². The minimum absolute atomic E-state index is 0.362. The molecule has 124 valence electrons. The normalized spacial score (nSPS) is 11.8. The SMILES string of the molecule is CCO[Si](C)(CCP(c1ccccc1)c1ccccc1)OCC. The van der Waals surface area contributed by atoms with Gasteiger partial charge in [0.1, 0.15) is 0 Å². The summed E-state index contributed by atoms with van der Waals surface area (Å²) in [6.45, 7) is 7.78. The summed E-state index contributed by atoms with van der Waals surface area (Å²) in [6, 6.07) is 22.7. The molecule has 0 atom stereocenters. The van der Waals surface area contributed by atoms with Crippen molar-refractivity contribution in [3.05, 3.63) is 60.7 Å². The summed E-state index contributed by atoms with van der Waals surface area (Å²) in [5.74, 6) is 0. The largest absolute Gasteiger partial charge is 0.395 e. The maximum absolute atomic E-state index is 6.02. The van der Waals surface area contributed by atoms with Gasteiger partial charge in [0, 0.05) is 13.2 Å². The molecule has 0 unspecified atom stereocenters. The fraction of sp³-hybridized carbons (Fsp3) is 0.368. The third kappa shape index (κ3) is 5.54. The second-order valence-electron chi connectivity index (χ2n) is 5.57. The molecule has 0 heterocycles. The lowest BCUT2D eigenvalue weighted by atomic mass is 10.4. The third-order valence-electron chi connectivity index (χ3n) is 3.82. The second-order valence-corrected chi connectivity index (χ2v) is 11.3. The minimum atomic E-state index is -2.06. The highest BCUT2D eigenvalue weighted by molar-refractivity contribution is 7.73. The Labute approximate surface area is 142 Å². The van der Waals surface area contributed by atoms with Gasteiger partial charge in [-0.2, -0.15) is 0 Å². The number of hydrogen-bond donors (Lipinski definition) is 0. The Morgan fingerprint density at radius 3 is 1.61 bits per heavy atom. The van der Waals surface area contributed by atoms with E-state index >= 15 is 0 Å². The van der Waals surface area contributed by atoms with Gasteiger partial charge in [-0.3, -0.25) is 0 Å². The van der Waals surface area contributed by atoms with Crippen molar-refractivity contribution < 1.29 is 8.85 Å². The Bertz CT molecular complexity index is 517. The predicted molar refractivity (Wildman–Crippen MR) is 104 cm³/mol. The Hall–Kier alpha value is -0.993. The average molecular weight is 346 g/mol. The van der Waals surface area contributed by atoms with Crippen LogP contribution in [-0.4, -0.2) is 27.9 Å². The Balaban J connectivity index is 2.18. The maximum Gasteiger partial charge on any atom is 0.335 e. The Morgan fingerprint density at radius 2 is 1.22 bits per heavy atom. The van der Waals surface area contributed by atoms with Crippen molar-refractivity contribution in [3.8, 4) is 0 Å². The van der Waals surface area contributed by atoms with Gasteiger partial charge < -0.3 is 8.85 Å². The summed E-state index contributed by atoms with van der Waals surface area (Å²) in [4.78, 5) is 0. The van der Waals surface area contributed by atoms with E-state index in [0.29, 0.717) is 0 Å². The van der Waals surface area contributed by atoms with Crippen molar-refractivity contribution in [1.29, 1.82) is 0 Å². The van der Waals surface area contributed by atoms with Crippen LogP contribution in [0.15, 0.2) is 60.7 Å². The zero-order chi connectivity index (χ0) is 16.5. The molecule has 0 aliphatic rings. The van der Waals surface area contributed by atoms with Crippen LogP contribution in [0, 0.1) is 0 Å². The van der Waals surface area contributed by atoms with Gasteiger partial charge in [0.25, 0.3) is 0 Å². The van der Waals surface area contributed by atoms with Crippen molar-refractivity contribution in [3.63, 3.8) is 0 Å². The first-order valence-corrected chi connectivity index (χ1v) is 12.4. The fourth-order valence-corrected chi connectivity index (χ4v) is 8.73. The van der Waals surface area contributed by atoms with E-state index in [-0.39, 0.29) is 7.92 Å². The van der Waals surface area contributed by atoms with Crippen LogP contribution < -0.4 is 10.6 Å². The van der Waals surface area contributed by atoms with E-state index in [1.54, 1.807) is 0 Å². The molecule has 0 fully saturated rings. The fourth-order valence-electron chi connectivity index (χ4n) is 2.73. The lowest BCUT2D eigenvalue weighted by Crippen LogP contribution is -2.40. The van der Waals surface area contributed by atoms with Gasteiger partial charge in [-0.1, -0.05) is 60.7 Å². The maximum atomic E-state index is 6.02. The van der Waals surface area contributed by atoms with Crippen molar-refractivity contribution in [2.45, 2.75) is 26.4 Å². The summed E-state index contributed by atoms with van der Waals surface area (Å²) in [7, 11) is -2.42. The van der Waals surface area contributed by atoms with Crippen LogP contribution in [0.25, 0.3) is 0 Å². The van der Waals surface area contributed by atoms with Crippen LogP contribution in [0.3, 0.4) is 0 Å². The number of benzene rings is 2. The molecule has 0 aliphatic carbocycles. The molecule has 2 aromatic rings. The van der Waals surface area contributed by atoms with Crippen molar-refractivity contribution >= 4 is 27.1 Å². The monoisotopic (exact) mass is 346 g/mol. The van der Waals surface area contributed by atoms with Gasteiger partial charge in [0.05, 0.1) is 0 Å². The van der Waals surface area contributed by atoms with E-state index in [9.17, 15) is 0 Å². The molecular formula is C19H27O2PSi. The zero-order valence-electron chi connectivity index (χ0n) is 14.4. The zero-order valence-corrected chi connectivity index (χ0v) is 16.3. The molecule has 2 rings (SSSR count). The van der Waals surface area contributed by atoms with Gasteiger partial charge in [-0.25, -0.2) is 0 Å².